The Kier molecular flexibility index (Phi) is 6.58. The van der Waals surface area contributed by atoms with E-state index in [1.807, 2.05) is 54.6 Å². The average molecular weight is 334 g/mol. The van der Waals surface area contributed by atoms with Gasteiger partial charge in [0.25, 0.3) is 0 Å². The van der Waals surface area contributed by atoms with E-state index in [0.717, 1.165) is 16.9 Å². The summed E-state index contributed by atoms with van der Waals surface area (Å²) in [4.78, 5) is 0. The highest BCUT2D eigenvalue weighted by Crippen LogP contribution is 2.10. The number of nitrogens with one attached hydrogen (secondary N) is 2. The Morgan fingerprint density at radius 1 is 0.913 bits per heavy atom. The molecule has 2 rings (SSSR count). The minimum absolute atomic E-state index is 0.0516. The molecule has 0 aliphatic carbocycles. The van der Waals surface area contributed by atoms with Gasteiger partial charge in [0.05, 0.1) is 12.9 Å². The lowest BCUT2D eigenvalue weighted by Gasteiger charge is -2.08. The minimum atomic E-state index is -3.28. The van der Waals surface area contributed by atoms with Crippen LogP contribution >= 0.6 is 0 Å². The zero-order valence-electron chi connectivity index (χ0n) is 13.2. The highest BCUT2D eigenvalue weighted by molar-refractivity contribution is 7.89. The molecular formula is C17H22N2O3S. The number of rotatable bonds is 9. The molecule has 0 aromatic heterocycles. The Morgan fingerprint density at radius 3 is 2.22 bits per heavy atom. The monoisotopic (exact) mass is 334 g/mol. The predicted octanol–water partition coefficient (Wildman–Crippen LogP) is 1.90. The van der Waals surface area contributed by atoms with Crippen LogP contribution in [0.2, 0.25) is 0 Å². The molecule has 0 unspecified atom stereocenters. The van der Waals surface area contributed by atoms with Crippen molar-refractivity contribution in [1.82, 2.24) is 10.0 Å². The van der Waals surface area contributed by atoms with Crippen molar-refractivity contribution in [2.45, 2.75) is 13.1 Å². The number of ether oxygens (including phenoxy) is 1. The van der Waals surface area contributed by atoms with E-state index in [0.29, 0.717) is 19.6 Å². The van der Waals surface area contributed by atoms with Crippen LogP contribution in [0.5, 0.6) is 5.75 Å². The molecular weight excluding hydrogens is 312 g/mol. The number of benzene rings is 2. The van der Waals surface area contributed by atoms with Gasteiger partial charge >= 0.3 is 0 Å². The molecule has 0 atom stereocenters. The highest BCUT2D eigenvalue weighted by atomic mass is 32.2. The van der Waals surface area contributed by atoms with E-state index in [1.54, 1.807) is 7.11 Å². The molecule has 0 amide bonds. The molecule has 0 bridgehead atoms. The first-order valence-electron chi connectivity index (χ1n) is 7.44. The number of hydrogen-bond acceptors (Lipinski definition) is 4. The predicted molar refractivity (Wildman–Crippen MR) is 91.8 cm³/mol. The van der Waals surface area contributed by atoms with Crippen molar-refractivity contribution in [2.75, 3.05) is 19.4 Å². The summed E-state index contributed by atoms with van der Waals surface area (Å²) in [6.45, 7) is 1.34. The van der Waals surface area contributed by atoms with Crippen LogP contribution in [0.1, 0.15) is 11.1 Å². The van der Waals surface area contributed by atoms with Crippen molar-refractivity contribution < 1.29 is 13.2 Å². The Hall–Kier alpha value is -1.89. The zero-order valence-corrected chi connectivity index (χ0v) is 14.0. The second-order valence-electron chi connectivity index (χ2n) is 5.15. The lowest BCUT2D eigenvalue weighted by atomic mass is 10.2. The summed E-state index contributed by atoms with van der Waals surface area (Å²) < 4.78 is 31.6. The van der Waals surface area contributed by atoms with Gasteiger partial charge in [-0.25, -0.2) is 13.1 Å². The fourth-order valence-corrected chi connectivity index (χ4v) is 2.99. The van der Waals surface area contributed by atoms with Crippen molar-refractivity contribution in [3.8, 4) is 5.75 Å². The molecule has 0 fully saturated rings. The van der Waals surface area contributed by atoms with Gasteiger partial charge in [0, 0.05) is 19.6 Å². The summed E-state index contributed by atoms with van der Waals surface area (Å²) in [6, 6.07) is 17.1. The van der Waals surface area contributed by atoms with Crippen LogP contribution in [-0.4, -0.2) is 27.8 Å². The molecule has 5 nitrogen and oxygen atoms in total. The van der Waals surface area contributed by atoms with Crippen LogP contribution in [0.3, 0.4) is 0 Å². The molecule has 124 valence electrons. The zero-order chi connectivity index (χ0) is 16.5. The van der Waals surface area contributed by atoms with Gasteiger partial charge in [-0.3, -0.25) is 0 Å². The van der Waals surface area contributed by atoms with E-state index < -0.39 is 10.0 Å². The first-order valence-corrected chi connectivity index (χ1v) is 9.09. The molecule has 0 radical (unpaired) electrons. The normalized spacial score (nSPS) is 11.3. The summed E-state index contributed by atoms with van der Waals surface area (Å²) in [5.74, 6) is 0.858. The second kappa shape index (κ2) is 8.67. The molecule has 23 heavy (non-hydrogen) atoms. The number of hydrogen-bond donors (Lipinski definition) is 2. The molecule has 0 aliphatic heterocycles. The maximum absolute atomic E-state index is 11.9. The third-order valence-electron chi connectivity index (χ3n) is 3.37. The van der Waals surface area contributed by atoms with Crippen molar-refractivity contribution in [3.05, 3.63) is 65.7 Å². The summed E-state index contributed by atoms with van der Waals surface area (Å²) in [5, 5.41) is 3.13. The van der Waals surface area contributed by atoms with Crippen LogP contribution in [0.4, 0.5) is 0 Å². The van der Waals surface area contributed by atoms with Gasteiger partial charge in [0.2, 0.25) is 10.0 Å². The third kappa shape index (κ3) is 6.40. The van der Waals surface area contributed by atoms with Crippen LogP contribution in [0.25, 0.3) is 0 Å². The number of methoxy groups -OCH3 is 1. The molecule has 0 aliphatic rings. The van der Waals surface area contributed by atoms with E-state index in [-0.39, 0.29) is 5.75 Å². The topological polar surface area (TPSA) is 67.4 Å². The van der Waals surface area contributed by atoms with E-state index in [4.69, 9.17) is 4.74 Å². The first-order chi connectivity index (χ1) is 11.1. The number of sulfonamides is 1. The molecule has 0 heterocycles. The quantitative estimate of drug-likeness (QED) is 0.688. The Morgan fingerprint density at radius 2 is 1.57 bits per heavy atom. The van der Waals surface area contributed by atoms with Gasteiger partial charge in [-0.15, -0.1) is 0 Å². The molecule has 2 aromatic rings. The summed E-state index contributed by atoms with van der Waals surface area (Å²) in [6.07, 6.45) is 0. The van der Waals surface area contributed by atoms with E-state index in [9.17, 15) is 8.42 Å². The van der Waals surface area contributed by atoms with E-state index in [2.05, 4.69) is 10.0 Å². The summed E-state index contributed by atoms with van der Waals surface area (Å²) in [7, 11) is -1.65. The fourth-order valence-electron chi connectivity index (χ4n) is 2.04. The second-order valence-corrected chi connectivity index (χ2v) is 7.08. The molecule has 2 N–H and O–H groups in total. The largest absolute Gasteiger partial charge is 0.497 e. The third-order valence-corrected chi connectivity index (χ3v) is 4.70. The first kappa shape index (κ1) is 17.5. The smallest absolute Gasteiger partial charge is 0.213 e. The van der Waals surface area contributed by atoms with Crippen LogP contribution in [0, 0.1) is 0 Å². The molecule has 0 spiro atoms. The van der Waals surface area contributed by atoms with Gasteiger partial charge < -0.3 is 10.1 Å². The SMILES string of the molecule is COc1ccc(CNCCS(=O)(=O)NCc2ccccc2)cc1. The lowest BCUT2D eigenvalue weighted by molar-refractivity contribution is 0.414. The van der Waals surface area contributed by atoms with Crippen molar-refractivity contribution in [1.29, 1.82) is 0 Å². The Labute approximate surface area is 137 Å². The van der Waals surface area contributed by atoms with Crippen LogP contribution in [-0.2, 0) is 23.1 Å². The molecule has 0 saturated carbocycles. The highest BCUT2D eigenvalue weighted by Gasteiger charge is 2.09. The Bertz CT molecular complexity index is 686. The van der Waals surface area contributed by atoms with E-state index in [1.165, 1.54) is 0 Å². The van der Waals surface area contributed by atoms with Gasteiger partial charge in [0.1, 0.15) is 5.75 Å². The fraction of sp³-hybridized carbons (Fsp3) is 0.294. The van der Waals surface area contributed by atoms with Crippen LogP contribution < -0.4 is 14.8 Å². The average Bonchev–Trinajstić information content (AvgIpc) is 2.58. The van der Waals surface area contributed by atoms with Crippen molar-refractivity contribution in [2.24, 2.45) is 0 Å². The van der Waals surface area contributed by atoms with Crippen molar-refractivity contribution in [3.63, 3.8) is 0 Å². The maximum Gasteiger partial charge on any atom is 0.213 e. The van der Waals surface area contributed by atoms with Gasteiger partial charge in [0.15, 0.2) is 0 Å². The molecule has 6 heteroatoms. The summed E-state index contributed by atoms with van der Waals surface area (Å²) >= 11 is 0. The summed E-state index contributed by atoms with van der Waals surface area (Å²) in [5.41, 5.74) is 2.03. The van der Waals surface area contributed by atoms with E-state index >= 15 is 0 Å². The lowest BCUT2D eigenvalue weighted by Crippen LogP contribution is -2.31. The Balaban J connectivity index is 1.69. The molecule has 2 aromatic carbocycles. The van der Waals surface area contributed by atoms with Gasteiger partial charge in [-0.2, -0.15) is 0 Å². The van der Waals surface area contributed by atoms with Crippen LogP contribution in [0.15, 0.2) is 54.6 Å². The van der Waals surface area contributed by atoms with Gasteiger partial charge in [-0.1, -0.05) is 42.5 Å². The minimum Gasteiger partial charge on any atom is -0.497 e. The van der Waals surface area contributed by atoms with Crippen molar-refractivity contribution >= 4 is 10.0 Å². The maximum atomic E-state index is 11.9. The standard InChI is InChI=1S/C17H22N2O3S/c1-22-17-9-7-16(8-10-17)13-18-11-12-23(20,21)19-14-15-5-3-2-4-6-15/h2-10,18-19H,11-14H2,1H3. The molecule has 0 saturated heterocycles. The van der Waals surface area contributed by atoms with Gasteiger partial charge in [-0.05, 0) is 23.3 Å².